The number of amides is 1. The van der Waals surface area contributed by atoms with Gasteiger partial charge < -0.3 is 11.1 Å². The van der Waals surface area contributed by atoms with Crippen LogP contribution in [-0.4, -0.2) is 18.0 Å². The van der Waals surface area contributed by atoms with Gasteiger partial charge in [-0.2, -0.15) is 0 Å². The molecule has 3 N–H and O–H groups in total. The highest BCUT2D eigenvalue weighted by atomic mass is 35.5. The highest BCUT2D eigenvalue weighted by molar-refractivity contribution is 5.85. The first-order chi connectivity index (χ1) is 6.79. The van der Waals surface area contributed by atoms with E-state index in [1.54, 1.807) is 0 Å². The molecule has 0 spiro atoms. The van der Waals surface area contributed by atoms with E-state index in [4.69, 9.17) is 5.73 Å². The average Bonchev–Trinajstić information content (AvgIpc) is 2.70. The first-order valence-electron chi connectivity index (χ1n) is 5.87. The van der Waals surface area contributed by atoms with Crippen LogP contribution in [0.25, 0.3) is 0 Å². The molecule has 3 nitrogen and oxygen atoms in total. The van der Waals surface area contributed by atoms with E-state index < -0.39 is 5.54 Å². The largest absolute Gasteiger partial charge is 0.354 e. The summed E-state index contributed by atoms with van der Waals surface area (Å²) >= 11 is 0. The van der Waals surface area contributed by atoms with Crippen molar-refractivity contribution in [3.8, 4) is 0 Å². The number of hydrogen-bond acceptors (Lipinski definition) is 2. The fraction of sp³-hybridized carbons (Fsp3) is 0.917. The van der Waals surface area contributed by atoms with Gasteiger partial charge in [-0.3, -0.25) is 4.79 Å². The molecule has 4 heteroatoms. The minimum absolute atomic E-state index is 0. The van der Waals surface area contributed by atoms with E-state index in [-0.39, 0.29) is 18.3 Å². The zero-order valence-electron chi connectivity index (χ0n) is 10.8. The van der Waals surface area contributed by atoms with E-state index in [0.29, 0.717) is 11.3 Å². The predicted molar refractivity (Wildman–Crippen MR) is 69.6 cm³/mol. The van der Waals surface area contributed by atoms with Crippen molar-refractivity contribution < 1.29 is 4.79 Å². The summed E-state index contributed by atoms with van der Waals surface area (Å²) in [4.78, 5) is 11.8. The Balaban J connectivity index is 0.00000225. The van der Waals surface area contributed by atoms with Gasteiger partial charge in [0.05, 0.1) is 5.54 Å². The number of carbonyl (C=O) groups is 1. The summed E-state index contributed by atoms with van der Waals surface area (Å²) in [6, 6.07) is 0. The van der Waals surface area contributed by atoms with E-state index in [1.165, 1.54) is 6.42 Å². The van der Waals surface area contributed by atoms with Crippen LogP contribution in [0, 0.1) is 11.3 Å². The molecule has 0 aliphatic heterocycles. The van der Waals surface area contributed by atoms with Gasteiger partial charge in [0.1, 0.15) is 0 Å². The minimum Gasteiger partial charge on any atom is -0.354 e. The minimum atomic E-state index is -0.701. The predicted octanol–water partition coefficient (Wildman–Crippen LogP) is 2.09. The smallest absolute Gasteiger partial charge is 0.239 e. The molecule has 1 saturated carbocycles. The molecule has 1 aliphatic rings. The maximum atomic E-state index is 11.8. The summed E-state index contributed by atoms with van der Waals surface area (Å²) in [5.74, 6) is 0.630. The van der Waals surface area contributed by atoms with Gasteiger partial charge in [-0.05, 0) is 31.1 Å². The quantitative estimate of drug-likeness (QED) is 0.783. The van der Waals surface area contributed by atoms with Gasteiger partial charge in [0.15, 0.2) is 0 Å². The maximum absolute atomic E-state index is 11.8. The molecule has 1 amide bonds. The van der Waals surface area contributed by atoms with Crippen LogP contribution in [-0.2, 0) is 4.79 Å². The van der Waals surface area contributed by atoms with Gasteiger partial charge >= 0.3 is 0 Å². The van der Waals surface area contributed by atoms with Crippen LogP contribution in [0.3, 0.4) is 0 Å². The fourth-order valence-electron chi connectivity index (χ4n) is 1.98. The van der Waals surface area contributed by atoms with Crippen LogP contribution in [0.1, 0.15) is 47.0 Å². The average molecular weight is 249 g/mol. The molecule has 0 radical (unpaired) electrons. The molecule has 0 aromatic heterocycles. The van der Waals surface area contributed by atoms with Gasteiger partial charge in [0.2, 0.25) is 5.91 Å². The number of carbonyl (C=O) groups excluding carboxylic acids is 1. The van der Waals surface area contributed by atoms with Crippen molar-refractivity contribution in [3.63, 3.8) is 0 Å². The summed E-state index contributed by atoms with van der Waals surface area (Å²) in [6.45, 7) is 9.10. The van der Waals surface area contributed by atoms with Crippen molar-refractivity contribution in [2.75, 3.05) is 6.54 Å². The molecule has 0 saturated heterocycles. The second kappa shape index (κ2) is 5.37. The third kappa shape index (κ3) is 3.95. The van der Waals surface area contributed by atoms with Crippen LogP contribution >= 0.6 is 12.4 Å². The van der Waals surface area contributed by atoms with E-state index in [0.717, 1.165) is 19.4 Å². The van der Waals surface area contributed by atoms with Crippen molar-refractivity contribution in [1.82, 2.24) is 5.32 Å². The molecule has 0 heterocycles. The van der Waals surface area contributed by atoms with Crippen LogP contribution in [0.15, 0.2) is 0 Å². The monoisotopic (exact) mass is 248 g/mol. The Morgan fingerprint density at radius 1 is 1.56 bits per heavy atom. The molecule has 1 fully saturated rings. The topological polar surface area (TPSA) is 55.1 Å². The summed E-state index contributed by atoms with van der Waals surface area (Å²) in [5.41, 5.74) is 5.65. The molecular weight excluding hydrogens is 224 g/mol. The molecule has 0 bridgehead atoms. The molecule has 2 atom stereocenters. The lowest BCUT2D eigenvalue weighted by Crippen LogP contribution is -2.52. The van der Waals surface area contributed by atoms with Gasteiger partial charge in [-0.1, -0.05) is 27.2 Å². The van der Waals surface area contributed by atoms with Crippen LogP contribution in [0.5, 0.6) is 0 Å². The first kappa shape index (κ1) is 15.7. The second-order valence-electron chi connectivity index (χ2n) is 5.77. The van der Waals surface area contributed by atoms with Crippen molar-refractivity contribution in [1.29, 1.82) is 0 Å². The summed E-state index contributed by atoms with van der Waals surface area (Å²) in [7, 11) is 0. The van der Waals surface area contributed by atoms with Crippen molar-refractivity contribution in [2.45, 2.75) is 52.5 Å². The van der Waals surface area contributed by atoms with E-state index in [9.17, 15) is 4.79 Å². The van der Waals surface area contributed by atoms with E-state index in [2.05, 4.69) is 19.2 Å². The molecule has 1 rings (SSSR count). The van der Waals surface area contributed by atoms with Crippen LogP contribution < -0.4 is 11.1 Å². The number of rotatable bonds is 5. The Morgan fingerprint density at radius 2 is 2.06 bits per heavy atom. The maximum Gasteiger partial charge on any atom is 0.239 e. The fourth-order valence-corrected chi connectivity index (χ4v) is 1.98. The Labute approximate surface area is 105 Å². The number of halogens is 1. The van der Waals surface area contributed by atoms with E-state index in [1.807, 2.05) is 13.8 Å². The van der Waals surface area contributed by atoms with Crippen molar-refractivity contribution >= 4 is 18.3 Å². The lowest BCUT2D eigenvalue weighted by molar-refractivity contribution is -0.126. The highest BCUT2D eigenvalue weighted by Gasteiger charge is 2.45. The number of hydrogen-bond donors (Lipinski definition) is 2. The molecule has 2 unspecified atom stereocenters. The Morgan fingerprint density at radius 3 is 2.44 bits per heavy atom. The molecular formula is C12H25ClN2O. The standard InChI is InChI=1S/C12H24N2O.ClH/c1-5-6-12(4,13)10(15)14-8-9-7-11(9,2)3;/h9H,5-8,13H2,1-4H3,(H,14,15);1H. The molecule has 1 aliphatic carbocycles. The van der Waals surface area contributed by atoms with Crippen LogP contribution in [0.2, 0.25) is 0 Å². The summed E-state index contributed by atoms with van der Waals surface area (Å²) < 4.78 is 0. The van der Waals surface area contributed by atoms with Crippen molar-refractivity contribution in [3.05, 3.63) is 0 Å². The number of nitrogens with one attached hydrogen (secondary N) is 1. The second-order valence-corrected chi connectivity index (χ2v) is 5.77. The van der Waals surface area contributed by atoms with Gasteiger partial charge in [0.25, 0.3) is 0 Å². The molecule has 96 valence electrons. The summed E-state index contributed by atoms with van der Waals surface area (Å²) in [6.07, 6.45) is 2.89. The normalized spacial score (nSPS) is 25.2. The van der Waals surface area contributed by atoms with Gasteiger partial charge in [-0.15, -0.1) is 12.4 Å². The number of nitrogens with two attached hydrogens (primary N) is 1. The van der Waals surface area contributed by atoms with Gasteiger partial charge in [0, 0.05) is 6.54 Å². The lowest BCUT2D eigenvalue weighted by atomic mass is 9.96. The Bertz CT molecular complexity index is 251. The lowest BCUT2D eigenvalue weighted by Gasteiger charge is -2.23. The highest BCUT2D eigenvalue weighted by Crippen LogP contribution is 2.50. The molecule has 16 heavy (non-hydrogen) atoms. The first-order valence-corrected chi connectivity index (χ1v) is 5.87. The van der Waals surface area contributed by atoms with Gasteiger partial charge in [-0.25, -0.2) is 0 Å². The van der Waals surface area contributed by atoms with Crippen LogP contribution in [0.4, 0.5) is 0 Å². The summed E-state index contributed by atoms with van der Waals surface area (Å²) in [5, 5.41) is 2.96. The third-order valence-corrected chi connectivity index (χ3v) is 3.51. The van der Waals surface area contributed by atoms with E-state index >= 15 is 0 Å². The zero-order chi connectivity index (χ0) is 11.7. The third-order valence-electron chi connectivity index (χ3n) is 3.51. The Kier molecular flexibility index (Phi) is 5.27. The van der Waals surface area contributed by atoms with Crippen molar-refractivity contribution in [2.24, 2.45) is 17.1 Å². The SMILES string of the molecule is CCCC(C)(N)C(=O)NCC1CC1(C)C.Cl. The zero-order valence-corrected chi connectivity index (χ0v) is 11.6. The molecule has 0 aromatic rings. The Hall–Kier alpha value is -0.280. The molecule has 0 aromatic carbocycles.